The van der Waals surface area contributed by atoms with Crippen molar-refractivity contribution in [2.45, 2.75) is 45.2 Å². The Bertz CT molecular complexity index is 1200. The third-order valence-electron chi connectivity index (χ3n) is 5.96. The molecule has 3 aromatic rings. The van der Waals surface area contributed by atoms with Gasteiger partial charge in [0.2, 0.25) is 17.8 Å². The van der Waals surface area contributed by atoms with Crippen LogP contribution >= 0.6 is 0 Å². The summed E-state index contributed by atoms with van der Waals surface area (Å²) in [6, 6.07) is 8.04. The fourth-order valence-electron chi connectivity index (χ4n) is 4.00. The van der Waals surface area contributed by atoms with Gasteiger partial charge in [-0.1, -0.05) is 32.1 Å². The summed E-state index contributed by atoms with van der Waals surface area (Å²) >= 11 is 0. The number of hydrogen-bond acceptors (Lipinski definition) is 8. The largest absolute Gasteiger partial charge is 0.381 e. The van der Waals surface area contributed by atoms with Gasteiger partial charge in [0.05, 0.1) is 6.20 Å². The van der Waals surface area contributed by atoms with Crippen LogP contribution in [0.15, 0.2) is 42.6 Å². The number of carbonyl (C=O) groups is 1. The summed E-state index contributed by atoms with van der Waals surface area (Å²) < 4.78 is 7.24. The van der Waals surface area contributed by atoms with Gasteiger partial charge in [0.25, 0.3) is 0 Å². The van der Waals surface area contributed by atoms with Crippen LogP contribution in [0.5, 0.6) is 0 Å². The average molecular weight is 493 g/mol. The van der Waals surface area contributed by atoms with Crippen LogP contribution in [0.25, 0.3) is 5.65 Å². The number of anilines is 3. The van der Waals surface area contributed by atoms with Crippen molar-refractivity contribution in [3.8, 4) is 0 Å². The number of ether oxygens (including phenoxy) is 1. The van der Waals surface area contributed by atoms with Gasteiger partial charge in [0, 0.05) is 49.7 Å². The molecule has 3 N–H and O–H groups in total. The molecule has 0 unspecified atom stereocenters. The average Bonchev–Trinajstić information content (AvgIpc) is 3.28. The van der Waals surface area contributed by atoms with Crippen molar-refractivity contribution in [3.63, 3.8) is 0 Å². The van der Waals surface area contributed by atoms with E-state index < -0.39 is 0 Å². The Balaban J connectivity index is 1.50. The molecule has 1 aromatic carbocycles. The first-order valence-electron chi connectivity index (χ1n) is 12.4. The van der Waals surface area contributed by atoms with E-state index in [0.29, 0.717) is 25.0 Å². The minimum absolute atomic E-state index is 0.152. The molecule has 2 aromatic heterocycles. The van der Waals surface area contributed by atoms with Gasteiger partial charge in [0.15, 0.2) is 5.65 Å². The van der Waals surface area contributed by atoms with Gasteiger partial charge in [-0.2, -0.15) is 19.6 Å². The Morgan fingerprint density at radius 3 is 2.81 bits per heavy atom. The fourth-order valence-corrected chi connectivity index (χ4v) is 4.00. The van der Waals surface area contributed by atoms with Crippen LogP contribution in [0.2, 0.25) is 0 Å². The first-order chi connectivity index (χ1) is 17.4. The number of rotatable bonds is 10. The quantitative estimate of drug-likeness (QED) is 0.369. The number of amides is 1. The van der Waals surface area contributed by atoms with E-state index in [0.717, 1.165) is 48.5 Å². The molecule has 10 nitrogen and oxygen atoms in total. The Labute approximate surface area is 212 Å². The van der Waals surface area contributed by atoms with E-state index in [4.69, 9.17) is 14.7 Å². The van der Waals surface area contributed by atoms with E-state index in [2.05, 4.69) is 34.9 Å². The smallest absolute Gasteiger partial charge is 0.248 e. The van der Waals surface area contributed by atoms with Crippen LogP contribution in [0.3, 0.4) is 0 Å². The van der Waals surface area contributed by atoms with Gasteiger partial charge in [-0.25, -0.2) is 0 Å². The summed E-state index contributed by atoms with van der Waals surface area (Å²) in [5.41, 5.74) is 3.61. The van der Waals surface area contributed by atoms with Crippen molar-refractivity contribution in [1.82, 2.24) is 24.5 Å². The highest BCUT2D eigenvalue weighted by molar-refractivity contribution is 5.99. The van der Waals surface area contributed by atoms with Crippen LogP contribution in [0.1, 0.15) is 43.7 Å². The van der Waals surface area contributed by atoms with Crippen molar-refractivity contribution >= 4 is 29.1 Å². The number of benzene rings is 1. The monoisotopic (exact) mass is 492 g/mol. The minimum atomic E-state index is -0.152. The third-order valence-corrected chi connectivity index (χ3v) is 5.96. The molecule has 1 fully saturated rings. The topological polar surface area (TPSA) is 109 Å². The molecule has 0 aliphatic carbocycles. The fraction of sp³-hybridized carbons (Fsp3) is 0.462. The highest BCUT2D eigenvalue weighted by Crippen LogP contribution is 2.23. The molecular formula is C26H36N8O2. The lowest BCUT2D eigenvalue weighted by molar-refractivity contribution is -0.111. The second-order valence-electron chi connectivity index (χ2n) is 9.60. The van der Waals surface area contributed by atoms with Crippen molar-refractivity contribution in [3.05, 3.63) is 53.7 Å². The number of likely N-dealkylation sites (N-methyl/N-ethyl adjacent to an activating group) is 1. The number of nitrogens with zero attached hydrogens (tertiary/aromatic N) is 5. The minimum Gasteiger partial charge on any atom is -0.381 e. The molecule has 1 saturated heterocycles. The Hall–Kier alpha value is -3.50. The molecule has 0 saturated carbocycles. The molecule has 3 heterocycles. The van der Waals surface area contributed by atoms with Gasteiger partial charge < -0.3 is 25.6 Å². The maximum absolute atomic E-state index is 12.2. The van der Waals surface area contributed by atoms with Gasteiger partial charge in [-0.05, 0) is 50.6 Å². The van der Waals surface area contributed by atoms with E-state index in [1.165, 1.54) is 0 Å². The van der Waals surface area contributed by atoms with E-state index in [9.17, 15) is 4.79 Å². The van der Waals surface area contributed by atoms with Crippen LogP contribution in [-0.2, 0) is 16.1 Å². The number of carbonyl (C=O) groups excluding carboxylic acids is 1. The molecule has 0 atom stereocenters. The molecule has 10 heteroatoms. The van der Waals surface area contributed by atoms with E-state index >= 15 is 0 Å². The molecule has 1 amide bonds. The molecule has 1 aliphatic heterocycles. The SMILES string of the molecule is CC(C)c1cnn2c(NCc3cccc(NC(=O)C=CCN(C)C)c3)nc(NC3CCOCC3)nc12. The molecule has 1 aliphatic rings. The Kier molecular flexibility index (Phi) is 8.50. The van der Waals surface area contributed by atoms with Gasteiger partial charge in [-0.15, -0.1) is 0 Å². The van der Waals surface area contributed by atoms with E-state index in [1.807, 2.05) is 55.5 Å². The van der Waals surface area contributed by atoms with Crippen LogP contribution < -0.4 is 16.0 Å². The molecule has 0 bridgehead atoms. The number of fused-ring (bicyclic) bond motifs is 1. The normalized spacial score (nSPS) is 14.7. The molecule has 0 spiro atoms. The zero-order valence-corrected chi connectivity index (χ0v) is 21.5. The summed E-state index contributed by atoms with van der Waals surface area (Å²) in [7, 11) is 3.92. The first-order valence-corrected chi connectivity index (χ1v) is 12.4. The molecular weight excluding hydrogens is 456 g/mol. The summed E-state index contributed by atoms with van der Waals surface area (Å²) in [4.78, 5) is 23.7. The van der Waals surface area contributed by atoms with Gasteiger partial charge in [0.1, 0.15) is 0 Å². The lowest BCUT2D eigenvalue weighted by Crippen LogP contribution is -2.29. The van der Waals surface area contributed by atoms with E-state index in [1.54, 1.807) is 10.6 Å². The number of aromatic nitrogens is 4. The zero-order chi connectivity index (χ0) is 25.5. The second-order valence-corrected chi connectivity index (χ2v) is 9.60. The maximum Gasteiger partial charge on any atom is 0.248 e. The second kappa shape index (κ2) is 12.0. The van der Waals surface area contributed by atoms with Crippen molar-refractivity contribution < 1.29 is 9.53 Å². The summed E-state index contributed by atoms with van der Waals surface area (Å²) in [6.45, 7) is 6.98. The van der Waals surface area contributed by atoms with Crippen molar-refractivity contribution in [1.29, 1.82) is 0 Å². The first kappa shape index (κ1) is 25.6. The lowest BCUT2D eigenvalue weighted by Gasteiger charge is -2.23. The standard InChI is InChI=1S/C26H36N8O2/c1-18(2)22-17-28-34-24(22)31-25(30-20-10-13-36-14-11-20)32-26(34)27-16-19-7-5-8-21(15-19)29-23(35)9-6-12-33(3)4/h5-9,15,17-18,20H,10-14,16H2,1-4H3,(H,29,35)(H2,27,30,31,32). The Morgan fingerprint density at radius 2 is 2.06 bits per heavy atom. The highest BCUT2D eigenvalue weighted by atomic mass is 16.5. The van der Waals surface area contributed by atoms with Crippen LogP contribution in [-0.4, -0.2) is 70.3 Å². The summed E-state index contributed by atoms with van der Waals surface area (Å²) in [5, 5.41) is 14.4. The third kappa shape index (κ3) is 6.79. The molecule has 192 valence electrons. The number of nitrogens with one attached hydrogen (secondary N) is 3. The highest BCUT2D eigenvalue weighted by Gasteiger charge is 2.19. The molecule has 0 radical (unpaired) electrons. The molecule has 36 heavy (non-hydrogen) atoms. The van der Waals surface area contributed by atoms with E-state index in [-0.39, 0.29) is 17.9 Å². The predicted octanol–water partition coefficient (Wildman–Crippen LogP) is 3.51. The zero-order valence-electron chi connectivity index (χ0n) is 21.5. The summed E-state index contributed by atoms with van der Waals surface area (Å²) in [6.07, 6.45) is 7.10. The lowest BCUT2D eigenvalue weighted by atomic mass is 10.1. The maximum atomic E-state index is 12.2. The van der Waals surface area contributed by atoms with Crippen LogP contribution in [0, 0.1) is 0 Å². The van der Waals surface area contributed by atoms with Gasteiger partial charge in [-0.3, -0.25) is 4.79 Å². The summed E-state index contributed by atoms with van der Waals surface area (Å²) in [5.74, 6) is 1.33. The molecule has 4 rings (SSSR count). The Morgan fingerprint density at radius 1 is 1.25 bits per heavy atom. The van der Waals surface area contributed by atoms with Crippen LogP contribution in [0.4, 0.5) is 17.6 Å². The van der Waals surface area contributed by atoms with Crippen molar-refractivity contribution in [2.24, 2.45) is 0 Å². The number of hydrogen-bond donors (Lipinski definition) is 3. The predicted molar refractivity (Wildman–Crippen MR) is 142 cm³/mol. The van der Waals surface area contributed by atoms with Crippen molar-refractivity contribution in [2.75, 3.05) is 49.8 Å². The van der Waals surface area contributed by atoms with Gasteiger partial charge >= 0.3 is 0 Å².